The third-order valence-corrected chi connectivity index (χ3v) is 5.35. The molecule has 0 amide bonds. The molecule has 0 aromatic heterocycles. The standard InChI is InChI=1S/C29H30O5/c1-5-33-27(30)16-12-23-17-22(21-7-6-8-24(18-21)28(31)32)11-15-26(23)34-19-20-9-13-25(14-10-20)29(2,3)4/h6-18H,5,19H2,1-4H3,(H,31,32). The zero-order chi connectivity index (χ0) is 24.7. The Morgan fingerprint density at radius 3 is 2.29 bits per heavy atom. The van der Waals surface area contributed by atoms with Gasteiger partial charge >= 0.3 is 11.9 Å². The maximum absolute atomic E-state index is 11.9. The average Bonchev–Trinajstić information content (AvgIpc) is 2.81. The number of carbonyl (C=O) groups excluding carboxylic acids is 1. The topological polar surface area (TPSA) is 72.8 Å². The normalized spacial score (nSPS) is 11.4. The van der Waals surface area contributed by atoms with E-state index in [0.717, 1.165) is 16.7 Å². The molecule has 0 aliphatic heterocycles. The highest BCUT2D eigenvalue weighted by atomic mass is 16.5. The predicted octanol–water partition coefficient (Wildman–Crippen LogP) is 6.50. The molecule has 0 radical (unpaired) electrons. The molecule has 0 saturated heterocycles. The van der Waals surface area contributed by atoms with E-state index in [-0.39, 0.29) is 11.0 Å². The second-order valence-electron chi connectivity index (χ2n) is 8.96. The van der Waals surface area contributed by atoms with Crippen molar-refractivity contribution < 1.29 is 24.2 Å². The van der Waals surface area contributed by atoms with Crippen LogP contribution < -0.4 is 4.74 Å². The minimum absolute atomic E-state index is 0.0816. The second-order valence-corrected chi connectivity index (χ2v) is 8.96. The molecule has 0 aliphatic carbocycles. The maximum atomic E-state index is 11.9. The maximum Gasteiger partial charge on any atom is 0.335 e. The Kier molecular flexibility index (Phi) is 7.90. The summed E-state index contributed by atoms with van der Waals surface area (Å²) in [5, 5.41) is 9.31. The number of carbonyl (C=O) groups is 2. The van der Waals surface area contributed by atoms with Gasteiger partial charge in [0.1, 0.15) is 12.4 Å². The summed E-state index contributed by atoms with van der Waals surface area (Å²) in [6.07, 6.45) is 3.02. The number of hydrogen-bond acceptors (Lipinski definition) is 4. The molecule has 0 saturated carbocycles. The summed E-state index contributed by atoms with van der Waals surface area (Å²) >= 11 is 0. The monoisotopic (exact) mass is 458 g/mol. The van der Waals surface area contributed by atoms with Crippen LogP contribution in [0.2, 0.25) is 0 Å². The van der Waals surface area contributed by atoms with E-state index in [0.29, 0.717) is 24.5 Å². The van der Waals surface area contributed by atoms with Crippen molar-refractivity contribution in [1.29, 1.82) is 0 Å². The lowest BCUT2D eigenvalue weighted by molar-refractivity contribution is -0.137. The Morgan fingerprint density at radius 1 is 0.941 bits per heavy atom. The first kappa shape index (κ1) is 24.8. The number of hydrogen-bond donors (Lipinski definition) is 1. The third kappa shape index (κ3) is 6.58. The fraction of sp³-hybridized carbons (Fsp3) is 0.241. The molecule has 5 nitrogen and oxygen atoms in total. The molecule has 0 fully saturated rings. The van der Waals surface area contributed by atoms with Gasteiger partial charge in [0.05, 0.1) is 12.2 Å². The van der Waals surface area contributed by atoms with Crippen molar-refractivity contribution in [3.05, 3.63) is 95.1 Å². The average molecular weight is 459 g/mol. The summed E-state index contributed by atoms with van der Waals surface area (Å²) in [4.78, 5) is 23.2. The number of ether oxygens (including phenoxy) is 2. The van der Waals surface area contributed by atoms with E-state index in [4.69, 9.17) is 9.47 Å². The van der Waals surface area contributed by atoms with Crippen molar-refractivity contribution >= 4 is 18.0 Å². The van der Waals surface area contributed by atoms with Crippen molar-refractivity contribution in [2.45, 2.75) is 39.7 Å². The van der Waals surface area contributed by atoms with Gasteiger partial charge in [-0.3, -0.25) is 0 Å². The van der Waals surface area contributed by atoms with Gasteiger partial charge in [-0.1, -0.05) is 63.2 Å². The number of carboxylic acid groups (broad SMARTS) is 1. The highest BCUT2D eigenvalue weighted by molar-refractivity contribution is 5.90. The van der Waals surface area contributed by atoms with Crippen LogP contribution in [-0.4, -0.2) is 23.7 Å². The van der Waals surface area contributed by atoms with E-state index >= 15 is 0 Å². The summed E-state index contributed by atoms with van der Waals surface area (Å²) < 4.78 is 11.1. The van der Waals surface area contributed by atoms with Crippen LogP contribution in [0.15, 0.2) is 72.8 Å². The molecule has 0 aliphatic rings. The van der Waals surface area contributed by atoms with Crippen LogP contribution in [0.3, 0.4) is 0 Å². The molecule has 0 unspecified atom stereocenters. The number of aromatic carboxylic acids is 1. The first-order valence-corrected chi connectivity index (χ1v) is 11.2. The van der Waals surface area contributed by atoms with Gasteiger partial charge < -0.3 is 14.6 Å². The SMILES string of the molecule is CCOC(=O)C=Cc1cc(-c2cccc(C(=O)O)c2)ccc1OCc1ccc(C(C)(C)C)cc1. The summed E-state index contributed by atoms with van der Waals surface area (Å²) in [5.74, 6) is -0.815. The lowest BCUT2D eigenvalue weighted by Gasteiger charge is -2.19. The van der Waals surface area contributed by atoms with Crippen LogP contribution >= 0.6 is 0 Å². The van der Waals surface area contributed by atoms with Crippen molar-refractivity contribution in [3.63, 3.8) is 0 Å². The molecule has 34 heavy (non-hydrogen) atoms. The summed E-state index contributed by atoms with van der Waals surface area (Å²) in [6.45, 7) is 8.94. The van der Waals surface area contributed by atoms with Crippen LogP contribution in [-0.2, 0) is 21.6 Å². The molecular weight excluding hydrogens is 428 g/mol. The molecule has 0 atom stereocenters. The molecule has 176 valence electrons. The summed E-state index contributed by atoms with van der Waals surface area (Å²) in [7, 11) is 0. The summed E-state index contributed by atoms with van der Waals surface area (Å²) in [5.41, 5.74) is 4.84. The van der Waals surface area contributed by atoms with Crippen molar-refractivity contribution in [2.24, 2.45) is 0 Å². The van der Waals surface area contributed by atoms with Gasteiger partial charge in [-0.25, -0.2) is 9.59 Å². The highest BCUT2D eigenvalue weighted by Crippen LogP contribution is 2.29. The molecule has 0 heterocycles. The van der Waals surface area contributed by atoms with Gasteiger partial charge in [-0.2, -0.15) is 0 Å². The first-order chi connectivity index (χ1) is 16.2. The van der Waals surface area contributed by atoms with Crippen LogP contribution in [0.25, 0.3) is 17.2 Å². The lowest BCUT2D eigenvalue weighted by atomic mass is 9.87. The number of carboxylic acids is 1. The van der Waals surface area contributed by atoms with E-state index in [2.05, 4.69) is 45.0 Å². The second kappa shape index (κ2) is 10.8. The van der Waals surface area contributed by atoms with Crippen LogP contribution in [0.4, 0.5) is 0 Å². The minimum Gasteiger partial charge on any atom is -0.488 e. The third-order valence-electron chi connectivity index (χ3n) is 5.35. The molecule has 5 heteroatoms. The number of rotatable bonds is 8. The zero-order valence-electron chi connectivity index (χ0n) is 20.0. The van der Waals surface area contributed by atoms with E-state index in [9.17, 15) is 14.7 Å². The number of benzene rings is 3. The van der Waals surface area contributed by atoms with Gasteiger partial charge in [-0.05, 0) is 64.9 Å². The quantitative estimate of drug-likeness (QED) is 0.308. The Balaban J connectivity index is 1.89. The minimum atomic E-state index is -0.985. The van der Waals surface area contributed by atoms with E-state index < -0.39 is 11.9 Å². The van der Waals surface area contributed by atoms with Crippen LogP contribution in [0.5, 0.6) is 5.75 Å². The van der Waals surface area contributed by atoms with Gasteiger partial charge in [-0.15, -0.1) is 0 Å². The van der Waals surface area contributed by atoms with E-state index in [1.54, 1.807) is 31.2 Å². The van der Waals surface area contributed by atoms with Crippen LogP contribution in [0.1, 0.15) is 54.7 Å². The molecule has 1 N–H and O–H groups in total. The Bertz CT molecular complexity index is 1180. The summed E-state index contributed by atoms with van der Waals surface area (Å²) in [6, 6.07) is 20.6. The van der Waals surface area contributed by atoms with Crippen molar-refractivity contribution in [1.82, 2.24) is 0 Å². The molecular formula is C29H30O5. The van der Waals surface area contributed by atoms with Crippen LogP contribution in [0, 0.1) is 0 Å². The highest BCUT2D eigenvalue weighted by Gasteiger charge is 2.13. The molecule has 0 bridgehead atoms. The number of esters is 1. The Labute approximate surface area is 200 Å². The fourth-order valence-electron chi connectivity index (χ4n) is 3.43. The fourth-order valence-corrected chi connectivity index (χ4v) is 3.43. The first-order valence-electron chi connectivity index (χ1n) is 11.2. The van der Waals surface area contributed by atoms with Crippen molar-refractivity contribution in [3.8, 4) is 16.9 Å². The largest absolute Gasteiger partial charge is 0.488 e. The predicted molar refractivity (Wildman–Crippen MR) is 134 cm³/mol. The van der Waals surface area contributed by atoms with Gasteiger partial charge in [0.2, 0.25) is 0 Å². The Morgan fingerprint density at radius 2 is 1.65 bits per heavy atom. The van der Waals surface area contributed by atoms with E-state index in [1.807, 2.05) is 24.3 Å². The zero-order valence-corrected chi connectivity index (χ0v) is 20.0. The van der Waals surface area contributed by atoms with Crippen molar-refractivity contribution in [2.75, 3.05) is 6.61 Å². The van der Waals surface area contributed by atoms with Gasteiger partial charge in [0, 0.05) is 11.6 Å². The molecule has 0 spiro atoms. The molecule has 3 rings (SSSR count). The van der Waals surface area contributed by atoms with Gasteiger partial charge in [0.25, 0.3) is 0 Å². The lowest BCUT2D eigenvalue weighted by Crippen LogP contribution is -2.10. The van der Waals surface area contributed by atoms with E-state index in [1.165, 1.54) is 11.6 Å². The Hall–Kier alpha value is -3.86. The molecule has 3 aromatic carbocycles. The smallest absolute Gasteiger partial charge is 0.335 e. The van der Waals surface area contributed by atoms with Gasteiger partial charge in [0.15, 0.2) is 0 Å². The molecule has 3 aromatic rings.